The van der Waals surface area contributed by atoms with Crippen molar-refractivity contribution in [2.24, 2.45) is 5.73 Å². The number of benzene rings is 1. The summed E-state index contributed by atoms with van der Waals surface area (Å²) in [4.78, 5) is 24.5. The second kappa shape index (κ2) is 5.64. The van der Waals surface area contributed by atoms with Crippen molar-refractivity contribution in [2.45, 2.75) is 20.8 Å². The molecule has 2 aromatic rings. The van der Waals surface area contributed by atoms with Gasteiger partial charge in [0.25, 0.3) is 11.5 Å². The van der Waals surface area contributed by atoms with Crippen LogP contribution >= 0.6 is 0 Å². The minimum atomic E-state index is -0.741. The molecule has 5 N–H and O–H groups in total. The molecule has 1 amide bonds. The first-order chi connectivity index (χ1) is 10.7. The van der Waals surface area contributed by atoms with Crippen LogP contribution in [0.25, 0.3) is 11.3 Å². The Morgan fingerprint density at radius 1 is 1.26 bits per heavy atom. The number of pyridine rings is 1. The second-order valence-corrected chi connectivity index (χ2v) is 5.52. The number of nitrogens with zero attached hydrogens (tertiary/aromatic N) is 1. The molecule has 1 aromatic heterocycles. The van der Waals surface area contributed by atoms with Gasteiger partial charge in [-0.05, 0) is 44.0 Å². The summed E-state index contributed by atoms with van der Waals surface area (Å²) >= 11 is 0. The van der Waals surface area contributed by atoms with Crippen LogP contribution in [0.4, 0.5) is 5.82 Å². The van der Waals surface area contributed by atoms with E-state index in [1.54, 1.807) is 26.8 Å². The van der Waals surface area contributed by atoms with Crippen LogP contribution in [0.15, 0.2) is 29.6 Å². The predicted molar refractivity (Wildman–Crippen MR) is 90.8 cm³/mol. The zero-order valence-corrected chi connectivity index (χ0v) is 13.3. The molecule has 0 fully saturated rings. The molecule has 0 radical (unpaired) electrons. The fraction of sp³-hybridized carbons (Fsp3) is 0.176. The van der Waals surface area contributed by atoms with E-state index in [0.29, 0.717) is 16.8 Å². The first kappa shape index (κ1) is 16.4. The van der Waals surface area contributed by atoms with Crippen LogP contribution in [0, 0.1) is 13.8 Å². The Balaban J connectivity index is 3.04. The fourth-order valence-electron chi connectivity index (χ4n) is 2.52. The van der Waals surface area contributed by atoms with Crippen molar-refractivity contribution in [1.82, 2.24) is 4.57 Å². The molecule has 0 aliphatic rings. The molecule has 1 heterocycles. The summed E-state index contributed by atoms with van der Waals surface area (Å²) in [6, 6.07) is 4.56. The summed E-state index contributed by atoms with van der Waals surface area (Å²) in [6.07, 6.45) is 0. The van der Waals surface area contributed by atoms with Gasteiger partial charge in [0.05, 0.1) is 11.3 Å². The second-order valence-electron chi connectivity index (χ2n) is 5.52. The van der Waals surface area contributed by atoms with E-state index in [-0.39, 0.29) is 22.7 Å². The minimum absolute atomic E-state index is 0.0262. The molecule has 0 bridgehead atoms. The number of hydrogen-bond acceptors (Lipinski definition) is 4. The van der Waals surface area contributed by atoms with E-state index < -0.39 is 11.5 Å². The topological polar surface area (TPSA) is 111 Å². The average Bonchev–Trinajstić information content (AvgIpc) is 2.45. The number of phenols is 1. The van der Waals surface area contributed by atoms with Gasteiger partial charge in [-0.1, -0.05) is 12.6 Å². The van der Waals surface area contributed by atoms with Gasteiger partial charge in [-0.25, -0.2) is 0 Å². The number of primary amides is 1. The Labute approximate surface area is 133 Å². The first-order valence-electron chi connectivity index (χ1n) is 6.97. The molecule has 0 saturated carbocycles. The number of allylic oxidation sites excluding steroid dienone is 1. The van der Waals surface area contributed by atoms with Gasteiger partial charge in [0, 0.05) is 11.1 Å². The van der Waals surface area contributed by atoms with E-state index in [9.17, 15) is 14.7 Å². The highest BCUT2D eigenvalue weighted by molar-refractivity contribution is 5.98. The molecule has 0 unspecified atom stereocenters. The monoisotopic (exact) mass is 313 g/mol. The molecular weight excluding hydrogens is 294 g/mol. The number of aromatic hydroxyl groups is 1. The van der Waals surface area contributed by atoms with Crippen molar-refractivity contribution in [3.8, 4) is 11.4 Å². The zero-order valence-electron chi connectivity index (χ0n) is 13.3. The van der Waals surface area contributed by atoms with Crippen LogP contribution in [-0.2, 0) is 0 Å². The molecule has 0 spiro atoms. The first-order valence-corrected chi connectivity index (χ1v) is 6.97. The molecular formula is C17H19N3O3. The third kappa shape index (κ3) is 2.59. The van der Waals surface area contributed by atoms with Crippen molar-refractivity contribution in [2.75, 3.05) is 5.73 Å². The van der Waals surface area contributed by atoms with E-state index in [1.165, 1.54) is 16.7 Å². The molecule has 0 aliphatic heterocycles. The van der Waals surface area contributed by atoms with Crippen LogP contribution in [-0.4, -0.2) is 15.6 Å². The highest BCUT2D eigenvalue weighted by Crippen LogP contribution is 2.29. The number of amides is 1. The van der Waals surface area contributed by atoms with E-state index in [4.69, 9.17) is 11.5 Å². The normalized spacial score (nSPS) is 10.6. The molecule has 0 atom stereocenters. The molecule has 0 saturated heterocycles. The number of aromatic nitrogens is 1. The average molecular weight is 313 g/mol. The summed E-state index contributed by atoms with van der Waals surface area (Å²) in [5.41, 5.74) is 13.4. The lowest BCUT2D eigenvalue weighted by molar-refractivity contribution is 0.100. The van der Waals surface area contributed by atoms with Crippen LogP contribution < -0.4 is 17.0 Å². The van der Waals surface area contributed by atoms with Crippen molar-refractivity contribution >= 4 is 17.3 Å². The lowest BCUT2D eigenvalue weighted by Gasteiger charge is -2.19. The number of rotatable bonds is 3. The highest BCUT2D eigenvalue weighted by Gasteiger charge is 2.20. The fourth-order valence-corrected chi connectivity index (χ4v) is 2.52. The van der Waals surface area contributed by atoms with Crippen LogP contribution in [0.2, 0.25) is 0 Å². The van der Waals surface area contributed by atoms with Gasteiger partial charge < -0.3 is 16.6 Å². The summed E-state index contributed by atoms with van der Waals surface area (Å²) in [5, 5.41) is 9.96. The Kier molecular flexibility index (Phi) is 4.01. The van der Waals surface area contributed by atoms with Gasteiger partial charge in [0.15, 0.2) is 0 Å². The summed E-state index contributed by atoms with van der Waals surface area (Å²) in [6.45, 7) is 8.87. The van der Waals surface area contributed by atoms with E-state index in [2.05, 4.69) is 6.58 Å². The molecule has 6 nitrogen and oxygen atoms in total. The van der Waals surface area contributed by atoms with Crippen molar-refractivity contribution < 1.29 is 9.90 Å². The number of phenolic OH excluding ortho intramolecular Hbond substituents is 1. The molecule has 0 aliphatic carbocycles. The maximum absolute atomic E-state index is 12.8. The lowest BCUT2D eigenvalue weighted by atomic mass is 10.0. The number of nitrogen functional groups attached to an aromatic ring is 1. The van der Waals surface area contributed by atoms with Gasteiger partial charge >= 0.3 is 0 Å². The molecule has 23 heavy (non-hydrogen) atoms. The Hall–Kier alpha value is -3.02. The van der Waals surface area contributed by atoms with E-state index in [0.717, 1.165) is 5.56 Å². The van der Waals surface area contributed by atoms with Crippen molar-refractivity contribution in [3.05, 3.63) is 57.4 Å². The Morgan fingerprint density at radius 3 is 2.39 bits per heavy atom. The third-order valence-electron chi connectivity index (χ3n) is 3.79. The molecule has 6 heteroatoms. The lowest BCUT2D eigenvalue weighted by Crippen LogP contribution is -2.29. The Morgan fingerprint density at radius 2 is 1.87 bits per heavy atom. The van der Waals surface area contributed by atoms with Gasteiger partial charge in [-0.15, -0.1) is 0 Å². The van der Waals surface area contributed by atoms with Crippen LogP contribution in [0.1, 0.15) is 34.0 Å². The van der Waals surface area contributed by atoms with Crippen molar-refractivity contribution in [3.63, 3.8) is 0 Å². The minimum Gasteiger partial charge on any atom is -0.508 e. The third-order valence-corrected chi connectivity index (χ3v) is 3.79. The SMILES string of the molecule is C=C(C)c1cc(C(N)=O)c(N)n(-c2c(C)ccc(O)c2C)c1=O. The maximum atomic E-state index is 12.8. The standard InChI is InChI=1S/C17H19N3O3/c1-8(2)11-7-12(16(19)22)15(18)20(17(11)23)14-9(3)5-6-13(21)10(14)4/h5-7,21H,1,18H2,2-4H3,(H2,19,22). The smallest absolute Gasteiger partial charge is 0.264 e. The van der Waals surface area contributed by atoms with Gasteiger partial charge in [0.2, 0.25) is 0 Å². The van der Waals surface area contributed by atoms with Gasteiger partial charge in [-0.3, -0.25) is 14.2 Å². The number of anilines is 1. The summed E-state index contributed by atoms with van der Waals surface area (Å²) in [5.74, 6) is -0.781. The predicted octanol–water partition coefficient (Wildman–Crippen LogP) is 1.87. The number of aryl methyl sites for hydroxylation is 1. The van der Waals surface area contributed by atoms with E-state index in [1.807, 2.05) is 0 Å². The Bertz CT molecular complexity index is 895. The number of carbonyl (C=O) groups excluding carboxylic acids is 1. The van der Waals surface area contributed by atoms with Crippen molar-refractivity contribution in [1.29, 1.82) is 0 Å². The van der Waals surface area contributed by atoms with Gasteiger partial charge in [0.1, 0.15) is 11.6 Å². The number of hydrogen-bond donors (Lipinski definition) is 3. The summed E-state index contributed by atoms with van der Waals surface area (Å²) in [7, 11) is 0. The quantitative estimate of drug-likeness (QED) is 0.803. The summed E-state index contributed by atoms with van der Waals surface area (Å²) < 4.78 is 1.20. The maximum Gasteiger partial charge on any atom is 0.264 e. The molecule has 1 aromatic carbocycles. The highest BCUT2D eigenvalue weighted by atomic mass is 16.3. The van der Waals surface area contributed by atoms with Crippen LogP contribution in [0.5, 0.6) is 5.75 Å². The molecule has 120 valence electrons. The largest absolute Gasteiger partial charge is 0.508 e. The van der Waals surface area contributed by atoms with E-state index >= 15 is 0 Å². The van der Waals surface area contributed by atoms with Crippen LogP contribution in [0.3, 0.4) is 0 Å². The number of carbonyl (C=O) groups is 1. The zero-order chi connectivity index (χ0) is 17.5. The number of nitrogens with two attached hydrogens (primary N) is 2. The molecule has 2 rings (SSSR count). The van der Waals surface area contributed by atoms with Gasteiger partial charge in [-0.2, -0.15) is 0 Å².